The largest absolute Gasteiger partial charge is 0.462 e. The van der Waals surface area contributed by atoms with E-state index in [2.05, 4.69) is 4.98 Å². The molecule has 0 fully saturated rings. The molecule has 0 aliphatic rings. The first-order valence-corrected chi connectivity index (χ1v) is 9.92. The topological polar surface area (TPSA) is 59.4 Å². The molecular weight excluding hydrogens is 382 g/mol. The summed E-state index contributed by atoms with van der Waals surface area (Å²) in [5.74, 6) is -0.342. The van der Waals surface area contributed by atoms with E-state index in [0.717, 1.165) is 32.5 Å². The first-order chi connectivity index (χ1) is 12.7. The smallest absolute Gasteiger partial charge is 0.311 e. The average Bonchev–Trinajstić information content (AvgIpc) is 3.06. The quantitative estimate of drug-likeness (QED) is 0.580. The van der Waals surface area contributed by atoms with E-state index in [1.165, 1.54) is 11.3 Å². The molecule has 0 amide bonds. The number of hydrogen-bond acceptors (Lipinski definition) is 5. The monoisotopic (exact) mass is 403 g/mol. The number of thiazole rings is 1. The van der Waals surface area contributed by atoms with E-state index in [-0.39, 0.29) is 12.6 Å². The van der Waals surface area contributed by atoms with Crippen LogP contribution < -0.4 is 0 Å². The number of benzene rings is 2. The zero-order valence-corrected chi connectivity index (χ0v) is 17.3. The molecule has 0 radical (unpaired) electrons. The van der Waals surface area contributed by atoms with Crippen LogP contribution in [0.25, 0.3) is 21.3 Å². The van der Waals surface area contributed by atoms with E-state index in [1.54, 1.807) is 26.3 Å². The molecule has 1 N–H and O–H groups in total. The fourth-order valence-electron chi connectivity index (χ4n) is 2.93. The number of halogens is 1. The van der Waals surface area contributed by atoms with Crippen molar-refractivity contribution in [2.45, 2.75) is 33.8 Å². The summed E-state index contributed by atoms with van der Waals surface area (Å²) in [6, 6.07) is 9.44. The summed E-state index contributed by atoms with van der Waals surface area (Å²) in [5, 5.41) is 11.5. The Morgan fingerprint density at radius 1 is 1.30 bits per heavy atom. The Kier molecular flexibility index (Phi) is 5.56. The minimum atomic E-state index is -0.937. The van der Waals surface area contributed by atoms with Gasteiger partial charge in [0.15, 0.2) is 0 Å². The highest BCUT2D eigenvalue weighted by Gasteiger charge is 2.26. The molecule has 142 valence electrons. The number of ether oxygens (including phenoxy) is 1. The molecular formula is C21H22ClNO3S. The van der Waals surface area contributed by atoms with Crippen molar-refractivity contribution in [1.82, 2.24) is 4.98 Å². The van der Waals surface area contributed by atoms with Crippen molar-refractivity contribution in [2.24, 2.45) is 5.41 Å². The summed E-state index contributed by atoms with van der Waals surface area (Å²) >= 11 is 7.56. The minimum Gasteiger partial charge on any atom is -0.462 e. The minimum absolute atomic E-state index is 0.0954. The second-order valence-electron chi connectivity index (χ2n) is 7.55. The molecule has 0 saturated carbocycles. The fraction of sp³-hybridized carbons (Fsp3) is 0.333. The number of hydrogen-bond donors (Lipinski definition) is 1. The standard InChI is InChI=1S/C21H22ClNO3S/c1-12-9-15-19(27-11-23-15)18(13-5-7-14(22)8-6-13)17(12)16(24)10-26-20(25)21(2,3)4/h5-9,11,16,24H,10H2,1-4H3. The second kappa shape index (κ2) is 7.58. The highest BCUT2D eigenvalue weighted by molar-refractivity contribution is 7.17. The first-order valence-electron chi connectivity index (χ1n) is 8.66. The van der Waals surface area contributed by atoms with Crippen molar-refractivity contribution in [3.05, 3.63) is 52.0 Å². The molecule has 1 atom stereocenters. The van der Waals surface area contributed by atoms with Crippen LogP contribution in [-0.2, 0) is 9.53 Å². The van der Waals surface area contributed by atoms with E-state index in [4.69, 9.17) is 16.3 Å². The molecule has 0 saturated heterocycles. The van der Waals surface area contributed by atoms with Gasteiger partial charge in [-0.2, -0.15) is 0 Å². The summed E-state index contributed by atoms with van der Waals surface area (Å²) in [6.07, 6.45) is -0.937. The number of aliphatic hydroxyl groups excluding tert-OH is 1. The van der Waals surface area contributed by atoms with Gasteiger partial charge < -0.3 is 9.84 Å². The molecule has 2 aromatic carbocycles. The van der Waals surface area contributed by atoms with Gasteiger partial charge in [0.2, 0.25) is 0 Å². The van der Waals surface area contributed by atoms with Crippen LogP contribution in [0.2, 0.25) is 5.02 Å². The van der Waals surface area contributed by atoms with Crippen molar-refractivity contribution in [2.75, 3.05) is 6.61 Å². The second-order valence-corrected chi connectivity index (χ2v) is 8.85. The van der Waals surface area contributed by atoms with Crippen molar-refractivity contribution < 1.29 is 14.6 Å². The summed E-state index contributed by atoms with van der Waals surface area (Å²) in [7, 11) is 0. The van der Waals surface area contributed by atoms with Crippen LogP contribution in [-0.4, -0.2) is 22.7 Å². The van der Waals surface area contributed by atoms with Crippen LogP contribution >= 0.6 is 22.9 Å². The zero-order valence-electron chi connectivity index (χ0n) is 15.7. The molecule has 0 spiro atoms. The Hall–Kier alpha value is -1.95. The lowest BCUT2D eigenvalue weighted by atomic mass is 9.92. The summed E-state index contributed by atoms with van der Waals surface area (Å²) in [4.78, 5) is 16.5. The van der Waals surface area contributed by atoms with Crippen LogP contribution in [0.3, 0.4) is 0 Å². The number of aromatic nitrogens is 1. The molecule has 0 aliphatic heterocycles. The van der Waals surface area contributed by atoms with E-state index in [1.807, 2.05) is 37.3 Å². The number of esters is 1. The molecule has 0 bridgehead atoms. The van der Waals surface area contributed by atoms with E-state index in [0.29, 0.717) is 5.02 Å². The molecule has 27 heavy (non-hydrogen) atoms. The van der Waals surface area contributed by atoms with E-state index >= 15 is 0 Å². The predicted molar refractivity (Wildman–Crippen MR) is 110 cm³/mol. The number of rotatable bonds is 4. The van der Waals surface area contributed by atoms with Gasteiger partial charge in [0.25, 0.3) is 0 Å². The molecule has 3 rings (SSSR count). The van der Waals surface area contributed by atoms with Crippen molar-refractivity contribution in [1.29, 1.82) is 0 Å². The summed E-state index contributed by atoms with van der Waals surface area (Å²) < 4.78 is 6.34. The van der Waals surface area contributed by atoms with Gasteiger partial charge in [-0.1, -0.05) is 23.7 Å². The van der Waals surface area contributed by atoms with Crippen molar-refractivity contribution >= 4 is 39.1 Å². The third kappa shape index (κ3) is 4.15. The van der Waals surface area contributed by atoms with Crippen LogP contribution in [0.5, 0.6) is 0 Å². The molecule has 6 heteroatoms. The average molecular weight is 404 g/mol. The lowest BCUT2D eigenvalue weighted by Crippen LogP contribution is -2.25. The maximum absolute atomic E-state index is 12.1. The Morgan fingerprint density at radius 2 is 1.96 bits per heavy atom. The van der Waals surface area contributed by atoms with E-state index < -0.39 is 11.5 Å². The van der Waals surface area contributed by atoms with Gasteiger partial charge in [0, 0.05) is 10.6 Å². The molecule has 1 aromatic heterocycles. The van der Waals surface area contributed by atoms with Gasteiger partial charge in [0.1, 0.15) is 12.7 Å². The molecule has 4 nitrogen and oxygen atoms in total. The first kappa shape index (κ1) is 19.8. The van der Waals surface area contributed by atoms with Gasteiger partial charge in [-0.15, -0.1) is 11.3 Å². The van der Waals surface area contributed by atoms with Crippen molar-refractivity contribution in [3.8, 4) is 11.1 Å². The van der Waals surface area contributed by atoms with Crippen LogP contribution in [0.4, 0.5) is 0 Å². The highest BCUT2D eigenvalue weighted by Crippen LogP contribution is 2.40. The number of aliphatic hydroxyl groups is 1. The fourth-order valence-corrected chi connectivity index (χ4v) is 3.91. The number of nitrogens with zero attached hydrogens (tertiary/aromatic N) is 1. The SMILES string of the molecule is Cc1cc2ncsc2c(-c2ccc(Cl)cc2)c1C(O)COC(=O)C(C)(C)C. The van der Waals surface area contributed by atoms with Crippen LogP contribution in [0.15, 0.2) is 35.8 Å². The summed E-state index contributed by atoms with van der Waals surface area (Å²) in [5.41, 5.74) is 5.55. The Morgan fingerprint density at radius 3 is 2.59 bits per heavy atom. The lowest BCUT2D eigenvalue weighted by molar-refractivity contribution is -0.156. The lowest BCUT2D eigenvalue weighted by Gasteiger charge is -2.22. The highest BCUT2D eigenvalue weighted by atomic mass is 35.5. The van der Waals surface area contributed by atoms with Crippen LogP contribution in [0.1, 0.15) is 38.0 Å². The van der Waals surface area contributed by atoms with Crippen molar-refractivity contribution in [3.63, 3.8) is 0 Å². The maximum atomic E-state index is 12.1. The normalized spacial score (nSPS) is 13.0. The van der Waals surface area contributed by atoms with Crippen LogP contribution in [0, 0.1) is 12.3 Å². The Labute approximate surface area is 167 Å². The Bertz CT molecular complexity index is 973. The predicted octanol–water partition coefficient (Wildman–Crippen LogP) is 5.55. The van der Waals surface area contributed by atoms with Gasteiger partial charge in [-0.3, -0.25) is 4.79 Å². The van der Waals surface area contributed by atoms with Gasteiger partial charge in [-0.05, 0) is 62.6 Å². The van der Waals surface area contributed by atoms with Gasteiger partial charge in [0.05, 0.1) is 21.1 Å². The number of aryl methyl sites for hydroxylation is 1. The Balaban J connectivity index is 2.06. The number of carbonyl (C=O) groups excluding carboxylic acids is 1. The number of carbonyl (C=O) groups is 1. The molecule has 1 unspecified atom stereocenters. The molecule has 1 heterocycles. The van der Waals surface area contributed by atoms with Gasteiger partial charge in [-0.25, -0.2) is 4.98 Å². The van der Waals surface area contributed by atoms with E-state index in [9.17, 15) is 9.90 Å². The third-order valence-electron chi connectivity index (χ3n) is 4.32. The van der Waals surface area contributed by atoms with Gasteiger partial charge >= 0.3 is 5.97 Å². The maximum Gasteiger partial charge on any atom is 0.311 e. The number of fused-ring (bicyclic) bond motifs is 1. The summed E-state index contributed by atoms with van der Waals surface area (Å²) in [6.45, 7) is 7.20. The third-order valence-corrected chi connectivity index (χ3v) is 5.43. The molecule has 0 aliphatic carbocycles. The molecule has 3 aromatic rings. The zero-order chi connectivity index (χ0) is 19.8.